The van der Waals surface area contributed by atoms with Crippen LogP contribution in [0.3, 0.4) is 0 Å². The number of methoxy groups -OCH3 is 1. The first-order valence-corrected chi connectivity index (χ1v) is 7.45. The molecule has 0 radical (unpaired) electrons. The SMILES string of the molecule is COc1ccc(CNC2(CO)CCc3ccccc32)cc1F. The summed E-state index contributed by atoms with van der Waals surface area (Å²) < 4.78 is 18.7. The van der Waals surface area contributed by atoms with Crippen molar-refractivity contribution in [2.75, 3.05) is 13.7 Å². The zero-order chi connectivity index (χ0) is 15.6. The molecule has 3 rings (SSSR count). The Morgan fingerprint density at radius 3 is 2.82 bits per heavy atom. The van der Waals surface area contributed by atoms with Crippen LogP contribution in [0.2, 0.25) is 0 Å². The van der Waals surface area contributed by atoms with E-state index in [1.807, 2.05) is 18.2 Å². The van der Waals surface area contributed by atoms with Gasteiger partial charge in [0.05, 0.1) is 19.3 Å². The summed E-state index contributed by atoms with van der Waals surface area (Å²) in [5.41, 5.74) is 2.81. The standard InChI is InChI=1S/C18H20FNO2/c1-22-17-7-6-13(10-16(17)19)11-20-18(12-21)9-8-14-4-2-3-5-15(14)18/h2-7,10,20-21H,8-9,11-12H2,1H3. The number of aliphatic hydroxyl groups is 1. The van der Waals surface area contributed by atoms with Crippen molar-refractivity contribution in [3.8, 4) is 5.75 Å². The molecule has 0 aliphatic heterocycles. The van der Waals surface area contributed by atoms with Crippen LogP contribution in [0.5, 0.6) is 5.75 Å². The Kier molecular flexibility index (Phi) is 4.14. The van der Waals surface area contributed by atoms with E-state index in [2.05, 4.69) is 17.4 Å². The van der Waals surface area contributed by atoms with Crippen molar-refractivity contribution in [1.29, 1.82) is 0 Å². The summed E-state index contributed by atoms with van der Waals surface area (Å²) in [4.78, 5) is 0. The van der Waals surface area contributed by atoms with Gasteiger partial charge in [0.2, 0.25) is 0 Å². The van der Waals surface area contributed by atoms with Crippen LogP contribution in [0.1, 0.15) is 23.1 Å². The Morgan fingerprint density at radius 1 is 1.27 bits per heavy atom. The van der Waals surface area contributed by atoms with Crippen molar-refractivity contribution in [2.45, 2.75) is 24.9 Å². The van der Waals surface area contributed by atoms with Crippen molar-refractivity contribution < 1.29 is 14.2 Å². The topological polar surface area (TPSA) is 41.5 Å². The molecular formula is C18H20FNO2. The largest absolute Gasteiger partial charge is 0.494 e. The van der Waals surface area contributed by atoms with E-state index in [0.29, 0.717) is 6.54 Å². The fourth-order valence-corrected chi connectivity index (χ4v) is 3.18. The van der Waals surface area contributed by atoms with Gasteiger partial charge < -0.3 is 15.2 Å². The summed E-state index contributed by atoms with van der Waals surface area (Å²) in [6.45, 7) is 0.526. The molecule has 1 atom stereocenters. The number of hydrogen-bond donors (Lipinski definition) is 2. The molecule has 2 aromatic carbocycles. The number of rotatable bonds is 5. The highest BCUT2D eigenvalue weighted by atomic mass is 19.1. The maximum absolute atomic E-state index is 13.8. The Bertz CT molecular complexity index is 674. The van der Waals surface area contributed by atoms with Gasteiger partial charge >= 0.3 is 0 Å². The molecule has 1 unspecified atom stereocenters. The molecule has 2 aromatic rings. The van der Waals surface area contributed by atoms with Gasteiger partial charge in [-0.3, -0.25) is 0 Å². The lowest BCUT2D eigenvalue weighted by Crippen LogP contribution is -2.43. The monoisotopic (exact) mass is 301 g/mol. The summed E-state index contributed by atoms with van der Waals surface area (Å²) in [6, 6.07) is 13.1. The molecule has 0 amide bonds. The minimum Gasteiger partial charge on any atom is -0.494 e. The third-order valence-electron chi connectivity index (χ3n) is 4.47. The number of halogens is 1. The van der Waals surface area contributed by atoms with Crippen LogP contribution in [-0.4, -0.2) is 18.8 Å². The molecular weight excluding hydrogens is 281 g/mol. The lowest BCUT2D eigenvalue weighted by atomic mass is 9.92. The van der Waals surface area contributed by atoms with Crippen molar-refractivity contribution >= 4 is 0 Å². The first kappa shape index (κ1) is 15.0. The highest BCUT2D eigenvalue weighted by molar-refractivity contribution is 5.39. The van der Waals surface area contributed by atoms with Gasteiger partial charge in [-0.2, -0.15) is 0 Å². The van der Waals surface area contributed by atoms with Crippen LogP contribution in [-0.2, 0) is 18.5 Å². The van der Waals surface area contributed by atoms with Gasteiger partial charge in [0.25, 0.3) is 0 Å². The number of fused-ring (bicyclic) bond motifs is 1. The Hall–Kier alpha value is -1.91. The number of nitrogens with one attached hydrogen (secondary N) is 1. The zero-order valence-electron chi connectivity index (χ0n) is 12.6. The average Bonchev–Trinajstić information content (AvgIpc) is 2.93. The molecule has 4 heteroatoms. The minimum absolute atomic E-state index is 0.0304. The molecule has 0 bridgehead atoms. The Balaban J connectivity index is 1.79. The van der Waals surface area contributed by atoms with Gasteiger partial charge in [-0.25, -0.2) is 4.39 Å². The maximum atomic E-state index is 13.8. The van der Waals surface area contributed by atoms with Crippen LogP contribution in [0.15, 0.2) is 42.5 Å². The molecule has 0 saturated carbocycles. The summed E-state index contributed by atoms with van der Waals surface area (Å²) in [5, 5.41) is 13.3. The second-order valence-corrected chi connectivity index (χ2v) is 5.72. The molecule has 0 aromatic heterocycles. The summed E-state index contributed by atoms with van der Waals surface area (Å²) >= 11 is 0. The van der Waals surface area contributed by atoms with Gasteiger partial charge in [0.15, 0.2) is 11.6 Å². The van der Waals surface area contributed by atoms with E-state index >= 15 is 0 Å². The van der Waals surface area contributed by atoms with Crippen molar-refractivity contribution in [3.63, 3.8) is 0 Å². The van der Waals surface area contributed by atoms with Crippen LogP contribution in [0, 0.1) is 5.82 Å². The lowest BCUT2D eigenvalue weighted by Gasteiger charge is -2.30. The number of benzene rings is 2. The molecule has 3 nitrogen and oxygen atoms in total. The first-order valence-electron chi connectivity index (χ1n) is 7.45. The minimum atomic E-state index is -0.438. The highest BCUT2D eigenvalue weighted by Crippen LogP contribution is 2.36. The van der Waals surface area contributed by atoms with Crippen molar-refractivity contribution in [1.82, 2.24) is 5.32 Å². The quantitative estimate of drug-likeness (QED) is 0.892. The Morgan fingerprint density at radius 2 is 2.09 bits per heavy atom. The van der Waals surface area contributed by atoms with E-state index in [9.17, 15) is 9.50 Å². The summed E-state index contributed by atoms with van der Waals surface area (Å²) in [7, 11) is 1.45. The van der Waals surface area contributed by atoms with Crippen LogP contribution in [0.4, 0.5) is 4.39 Å². The van der Waals surface area contributed by atoms with Gasteiger partial charge in [-0.1, -0.05) is 30.3 Å². The molecule has 116 valence electrons. The van der Waals surface area contributed by atoms with E-state index in [0.717, 1.165) is 24.0 Å². The average molecular weight is 301 g/mol. The van der Waals surface area contributed by atoms with Gasteiger partial charge in [0.1, 0.15) is 0 Å². The molecule has 0 saturated heterocycles. The number of ether oxygens (including phenoxy) is 1. The zero-order valence-corrected chi connectivity index (χ0v) is 12.6. The van der Waals surface area contributed by atoms with E-state index in [1.54, 1.807) is 6.07 Å². The number of aryl methyl sites for hydroxylation is 1. The van der Waals surface area contributed by atoms with Crippen LogP contribution in [0.25, 0.3) is 0 Å². The molecule has 0 heterocycles. The number of hydrogen-bond acceptors (Lipinski definition) is 3. The Labute approximate surface area is 129 Å². The third kappa shape index (κ3) is 2.60. The third-order valence-corrected chi connectivity index (χ3v) is 4.47. The predicted octanol–water partition coefficient (Wildman–Crippen LogP) is 2.76. The fourth-order valence-electron chi connectivity index (χ4n) is 3.18. The molecule has 0 fully saturated rings. The van der Waals surface area contributed by atoms with Crippen LogP contribution >= 0.6 is 0 Å². The first-order chi connectivity index (χ1) is 10.7. The lowest BCUT2D eigenvalue weighted by molar-refractivity contribution is 0.159. The molecule has 22 heavy (non-hydrogen) atoms. The predicted molar refractivity (Wildman–Crippen MR) is 83.3 cm³/mol. The summed E-state index contributed by atoms with van der Waals surface area (Å²) in [6.07, 6.45) is 1.79. The van der Waals surface area contributed by atoms with Gasteiger partial charge in [0, 0.05) is 6.54 Å². The fraction of sp³-hybridized carbons (Fsp3) is 0.333. The second-order valence-electron chi connectivity index (χ2n) is 5.72. The molecule has 1 aliphatic carbocycles. The second kappa shape index (κ2) is 6.07. The van der Waals surface area contributed by atoms with E-state index < -0.39 is 5.54 Å². The maximum Gasteiger partial charge on any atom is 0.165 e. The smallest absolute Gasteiger partial charge is 0.165 e. The van der Waals surface area contributed by atoms with Crippen molar-refractivity contribution in [2.24, 2.45) is 0 Å². The van der Waals surface area contributed by atoms with E-state index in [4.69, 9.17) is 4.74 Å². The summed E-state index contributed by atoms with van der Waals surface area (Å²) in [5.74, 6) is -0.126. The van der Waals surface area contributed by atoms with E-state index in [1.165, 1.54) is 18.7 Å². The molecule has 1 aliphatic rings. The highest BCUT2D eigenvalue weighted by Gasteiger charge is 2.37. The normalized spacial score (nSPS) is 20.0. The number of aliphatic hydroxyl groups excluding tert-OH is 1. The van der Waals surface area contributed by atoms with Gasteiger partial charge in [-0.15, -0.1) is 0 Å². The van der Waals surface area contributed by atoms with Crippen LogP contribution < -0.4 is 10.1 Å². The van der Waals surface area contributed by atoms with Crippen molar-refractivity contribution in [3.05, 3.63) is 65.0 Å². The molecule has 0 spiro atoms. The molecule has 2 N–H and O–H groups in total. The van der Waals surface area contributed by atoms with Gasteiger partial charge in [-0.05, 0) is 41.7 Å². The van der Waals surface area contributed by atoms with E-state index in [-0.39, 0.29) is 18.2 Å².